The lowest BCUT2D eigenvalue weighted by Gasteiger charge is -2.27. The molecule has 0 heterocycles. The molecular formula is C10H19F3N2O2. The van der Waals surface area contributed by atoms with Crippen molar-refractivity contribution < 1.29 is 22.7 Å². The Morgan fingerprint density at radius 2 is 1.94 bits per heavy atom. The Labute approximate surface area is 98.7 Å². The van der Waals surface area contributed by atoms with E-state index in [1.807, 2.05) is 0 Å². The van der Waals surface area contributed by atoms with Gasteiger partial charge < -0.3 is 15.8 Å². The van der Waals surface area contributed by atoms with Crippen molar-refractivity contribution in [3.8, 4) is 0 Å². The molecule has 0 bridgehead atoms. The molecule has 0 rings (SSSR count). The fourth-order valence-electron chi connectivity index (χ4n) is 1.37. The number of nitrogens with one attached hydrogen (secondary N) is 1. The maximum Gasteiger partial charge on any atom is 0.389 e. The average molecular weight is 256 g/mol. The monoisotopic (exact) mass is 256 g/mol. The molecule has 0 saturated carbocycles. The minimum atomic E-state index is -4.20. The molecule has 1 atom stereocenters. The summed E-state index contributed by atoms with van der Waals surface area (Å²) in [4.78, 5) is 11.2. The second-order valence-corrected chi connectivity index (χ2v) is 4.08. The third-order valence-corrected chi connectivity index (χ3v) is 2.50. The smallest absolute Gasteiger partial charge is 0.383 e. The maximum absolute atomic E-state index is 12.0. The van der Waals surface area contributed by atoms with Crippen LogP contribution in [0.4, 0.5) is 13.2 Å². The van der Waals surface area contributed by atoms with Gasteiger partial charge in [-0.2, -0.15) is 13.2 Å². The van der Waals surface area contributed by atoms with Gasteiger partial charge in [0.15, 0.2) is 0 Å². The van der Waals surface area contributed by atoms with E-state index in [1.54, 1.807) is 0 Å². The number of carbonyl (C=O) groups is 1. The normalized spacial score (nSPS) is 15.6. The number of halogens is 3. The molecular weight excluding hydrogens is 237 g/mol. The van der Waals surface area contributed by atoms with Crippen LogP contribution >= 0.6 is 0 Å². The van der Waals surface area contributed by atoms with Gasteiger partial charge in [0.2, 0.25) is 5.91 Å². The zero-order valence-corrected chi connectivity index (χ0v) is 10.1. The standard InChI is InChI=1S/C10H19F3N2O2/c1-9(8(14)16,15-6-7-17-2)4-3-5-10(11,12)13/h15H,3-7H2,1-2H3,(H2,14,16). The van der Waals surface area contributed by atoms with Gasteiger partial charge in [0.25, 0.3) is 0 Å². The molecule has 3 N–H and O–H groups in total. The third kappa shape index (κ3) is 7.17. The molecule has 0 aromatic heterocycles. The summed E-state index contributed by atoms with van der Waals surface area (Å²) in [6.07, 6.45) is -5.21. The number of carbonyl (C=O) groups excluding carboxylic acids is 1. The van der Waals surface area contributed by atoms with Gasteiger partial charge in [-0.1, -0.05) is 0 Å². The fraction of sp³-hybridized carbons (Fsp3) is 0.900. The van der Waals surface area contributed by atoms with Gasteiger partial charge >= 0.3 is 6.18 Å². The van der Waals surface area contributed by atoms with E-state index in [0.717, 1.165) is 0 Å². The quantitative estimate of drug-likeness (QED) is 0.641. The average Bonchev–Trinajstić information content (AvgIpc) is 2.15. The summed E-state index contributed by atoms with van der Waals surface area (Å²) in [5.41, 5.74) is 4.06. The fourth-order valence-corrected chi connectivity index (χ4v) is 1.37. The lowest BCUT2D eigenvalue weighted by atomic mass is 9.94. The van der Waals surface area contributed by atoms with E-state index < -0.39 is 24.0 Å². The van der Waals surface area contributed by atoms with Crippen LogP contribution in [0.15, 0.2) is 0 Å². The lowest BCUT2D eigenvalue weighted by Crippen LogP contribution is -2.54. The van der Waals surface area contributed by atoms with Crippen LogP contribution in [0.2, 0.25) is 0 Å². The van der Waals surface area contributed by atoms with E-state index in [9.17, 15) is 18.0 Å². The van der Waals surface area contributed by atoms with Crippen LogP contribution in [0.3, 0.4) is 0 Å². The summed E-state index contributed by atoms with van der Waals surface area (Å²) < 4.78 is 40.7. The van der Waals surface area contributed by atoms with Crippen molar-refractivity contribution in [1.82, 2.24) is 5.32 Å². The molecule has 0 spiro atoms. The van der Waals surface area contributed by atoms with Crippen LogP contribution in [0, 0.1) is 0 Å². The largest absolute Gasteiger partial charge is 0.389 e. The van der Waals surface area contributed by atoms with E-state index in [1.165, 1.54) is 14.0 Å². The van der Waals surface area contributed by atoms with E-state index in [4.69, 9.17) is 10.5 Å². The highest BCUT2D eigenvalue weighted by molar-refractivity contribution is 5.84. The van der Waals surface area contributed by atoms with Crippen molar-refractivity contribution in [2.24, 2.45) is 5.73 Å². The highest BCUT2D eigenvalue weighted by atomic mass is 19.4. The van der Waals surface area contributed by atoms with Crippen molar-refractivity contribution in [1.29, 1.82) is 0 Å². The first-order valence-corrected chi connectivity index (χ1v) is 5.32. The molecule has 0 fully saturated rings. The van der Waals surface area contributed by atoms with Crippen LogP contribution in [-0.4, -0.2) is 37.9 Å². The molecule has 0 aliphatic carbocycles. The Kier molecular flexibility index (Phi) is 6.48. The second-order valence-electron chi connectivity index (χ2n) is 4.08. The number of hydrogen-bond acceptors (Lipinski definition) is 3. The molecule has 0 aliphatic rings. The highest BCUT2D eigenvalue weighted by Gasteiger charge is 2.33. The number of nitrogens with two attached hydrogens (primary N) is 1. The molecule has 0 radical (unpaired) electrons. The van der Waals surface area contributed by atoms with E-state index in [-0.39, 0.29) is 12.8 Å². The first kappa shape index (κ1) is 16.2. The Morgan fingerprint density at radius 1 is 1.35 bits per heavy atom. The molecule has 102 valence electrons. The minimum absolute atomic E-state index is 0.0472. The first-order chi connectivity index (χ1) is 7.71. The molecule has 0 aliphatic heterocycles. The Morgan fingerprint density at radius 3 is 2.35 bits per heavy atom. The topological polar surface area (TPSA) is 64.3 Å². The second kappa shape index (κ2) is 6.80. The van der Waals surface area contributed by atoms with Crippen LogP contribution in [0.5, 0.6) is 0 Å². The zero-order chi connectivity index (χ0) is 13.5. The predicted octanol–water partition coefficient (Wildman–Crippen LogP) is 1.20. The summed E-state index contributed by atoms with van der Waals surface area (Å²) in [6, 6.07) is 0. The summed E-state index contributed by atoms with van der Waals surface area (Å²) in [5, 5.41) is 2.82. The van der Waals surface area contributed by atoms with E-state index in [0.29, 0.717) is 13.2 Å². The van der Waals surface area contributed by atoms with Crippen molar-refractivity contribution in [2.75, 3.05) is 20.3 Å². The predicted molar refractivity (Wildman–Crippen MR) is 57.4 cm³/mol. The van der Waals surface area contributed by atoms with Crippen molar-refractivity contribution in [3.63, 3.8) is 0 Å². The van der Waals surface area contributed by atoms with Crippen molar-refractivity contribution >= 4 is 5.91 Å². The molecule has 7 heteroatoms. The number of ether oxygens (including phenoxy) is 1. The number of alkyl halides is 3. The third-order valence-electron chi connectivity index (χ3n) is 2.50. The van der Waals surface area contributed by atoms with E-state index in [2.05, 4.69) is 5.32 Å². The summed E-state index contributed by atoms with van der Waals surface area (Å²) in [5.74, 6) is -0.657. The maximum atomic E-state index is 12.0. The molecule has 0 saturated heterocycles. The number of hydrogen-bond donors (Lipinski definition) is 2. The molecule has 1 unspecified atom stereocenters. The van der Waals surface area contributed by atoms with Crippen LogP contribution in [0.25, 0.3) is 0 Å². The lowest BCUT2D eigenvalue weighted by molar-refractivity contribution is -0.138. The minimum Gasteiger partial charge on any atom is -0.383 e. The van der Waals surface area contributed by atoms with Gasteiger partial charge in [-0.25, -0.2) is 0 Å². The van der Waals surface area contributed by atoms with Gasteiger partial charge in [0.05, 0.1) is 12.1 Å². The van der Waals surface area contributed by atoms with Crippen LogP contribution < -0.4 is 11.1 Å². The number of primary amides is 1. The molecule has 0 aromatic rings. The Balaban J connectivity index is 4.17. The first-order valence-electron chi connectivity index (χ1n) is 5.32. The van der Waals surface area contributed by atoms with Crippen molar-refractivity contribution in [3.05, 3.63) is 0 Å². The molecule has 17 heavy (non-hydrogen) atoms. The van der Waals surface area contributed by atoms with Crippen LogP contribution in [-0.2, 0) is 9.53 Å². The van der Waals surface area contributed by atoms with Gasteiger partial charge in [-0.3, -0.25) is 4.79 Å². The summed E-state index contributed by atoms with van der Waals surface area (Å²) in [6.45, 7) is 2.23. The summed E-state index contributed by atoms with van der Waals surface area (Å²) >= 11 is 0. The molecule has 1 amide bonds. The van der Waals surface area contributed by atoms with Gasteiger partial charge in [0, 0.05) is 20.1 Å². The highest BCUT2D eigenvalue weighted by Crippen LogP contribution is 2.24. The number of rotatable bonds is 8. The number of methoxy groups -OCH3 is 1. The van der Waals surface area contributed by atoms with E-state index >= 15 is 0 Å². The van der Waals surface area contributed by atoms with Crippen LogP contribution in [0.1, 0.15) is 26.2 Å². The summed E-state index contributed by atoms with van der Waals surface area (Å²) in [7, 11) is 1.49. The Hall–Kier alpha value is -0.820. The van der Waals surface area contributed by atoms with Crippen molar-refractivity contribution in [2.45, 2.75) is 37.9 Å². The Bertz CT molecular complexity index is 246. The zero-order valence-electron chi connectivity index (χ0n) is 10.1. The number of amides is 1. The molecule has 0 aromatic carbocycles. The molecule has 4 nitrogen and oxygen atoms in total. The SMILES string of the molecule is COCCNC(C)(CCCC(F)(F)F)C(N)=O. The van der Waals surface area contributed by atoms with Gasteiger partial charge in [0.1, 0.15) is 0 Å². The van der Waals surface area contributed by atoms with Gasteiger partial charge in [-0.05, 0) is 19.8 Å². The van der Waals surface area contributed by atoms with Gasteiger partial charge in [-0.15, -0.1) is 0 Å².